The Balaban J connectivity index is 0.000000686. The SMILES string of the molecule is CC.CC(=O)COc1cccc2c1NCC=C2. The summed E-state index contributed by atoms with van der Waals surface area (Å²) in [4.78, 5) is 10.8. The summed E-state index contributed by atoms with van der Waals surface area (Å²) in [5, 5.41) is 3.23. The predicted octanol–water partition coefficient (Wildman–Crippen LogP) is 3.12. The molecule has 1 aliphatic rings. The maximum absolute atomic E-state index is 10.8. The van der Waals surface area contributed by atoms with E-state index in [1.54, 1.807) is 0 Å². The average molecular weight is 233 g/mol. The van der Waals surface area contributed by atoms with Gasteiger partial charge in [0.1, 0.15) is 12.4 Å². The molecule has 0 atom stereocenters. The average Bonchev–Trinajstić information content (AvgIpc) is 2.38. The van der Waals surface area contributed by atoms with Gasteiger partial charge in [0.25, 0.3) is 0 Å². The van der Waals surface area contributed by atoms with E-state index >= 15 is 0 Å². The van der Waals surface area contributed by atoms with Crippen LogP contribution in [0.15, 0.2) is 24.3 Å². The van der Waals surface area contributed by atoms with Gasteiger partial charge in [0.05, 0.1) is 5.69 Å². The fourth-order valence-electron chi connectivity index (χ4n) is 1.52. The van der Waals surface area contributed by atoms with Crippen molar-refractivity contribution in [3.8, 4) is 5.75 Å². The van der Waals surface area contributed by atoms with Crippen molar-refractivity contribution in [1.82, 2.24) is 0 Å². The molecule has 0 amide bonds. The molecule has 0 fully saturated rings. The van der Waals surface area contributed by atoms with Crippen molar-refractivity contribution >= 4 is 17.5 Å². The van der Waals surface area contributed by atoms with Crippen molar-refractivity contribution in [3.05, 3.63) is 29.8 Å². The molecule has 0 unspecified atom stereocenters. The fraction of sp³-hybridized carbons (Fsp3) is 0.357. The van der Waals surface area contributed by atoms with Gasteiger partial charge in [0, 0.05) is 12.1 Å². The first-order valence-corrected chi connectivity index (χ1v) is 5.93. The maximum Gasteiger partial charge on any atom is 0.167 e. The van der Waals surface area contributed by atoms with Gasteiger partial charge in [-0.2, -0.15) is 0 Å². The number of hydrogen-bond acceptors (Lipinski definition) is 3. The van der Waals surface area contributed by atoms with Gasteiger partial charge in [-0.25, -0.2) is 0 Å². The molecule has 0 aliphatic carbocycles. The van der Waals surface area contributed by atoms with Crippen LogP contribution in [-0.4, -0.2) is 18.9 Å². The Morgan fingerprint density at radius 3 is 2.88 bits per heavy atom. The number of nitrogens with one attached hydrogen (secondary N) is 1. The zero-order valence-corrected chi connectivity index (χ0v) is 10.6. The van der Waals surface area contributed by atoms with Crippen LogP contribution < -0.4 is 10.1 Å². The van der Waals surface area contributed by atoms with Crippen LogP contribution in [0.3, 0.4) is 0 Å². The number of rotatable bonds is 3. The van der Waals surface area contributed by atoms with Crippen molar-refractivity contribution in [2.24, 2.45) is 0 Å². The highest BCUT2D eigenvalue weighted by Gasteiger charge is 2.09. The zero-order chi connectivity index (χ0) is 12.7. The van der Waals surface area contributed by atoms with Crippen molar-refractivity contribution < 1.29 is 9.53 Å². The summed E-state index contributed by atoms with van der Waals surface area (Å²) < 4.78 is 5.42. The lowest BCUT2D eigenvalue weighted by molar-refractivity contribution is -0.118. The summed E-state index contributed by atoms with van der Waals surface area (Å²) in [5.41, 5.74) is 2.07. The number of carbonyl (C=O) groups is 1. The van der Waals surface area contributed by atoms with Crippen LogP contribution in [0.2, 0.25) is 0 Å². The molecule has 0 radical (unpaired) electrons. The van der Waals surface area contributed by atoms with E-state index in [9.17, 15) is 4.79 Å². The molecule has 1 heterocycles. The highest BCUT2D eigenvalue weighted by Crippen LogP contribution is 2.31. The van der Waals surface area contributed by atoms with Gasteiger partial charge >= 0.3 is 0 Å². The van der Waals surface area contributed by atoms with Gasteiger partial charge in [-0.3, -0.25) is 4.79 Å². The molecule has 1 N–H and O–H groups in total. The zero-order valence-electron chi connectivity index (χ0n) is 10.6. The molecule has 17 heavy (non-hydrogen) atoms. The summed E-state index contributed by atoms with van der Waals surface area (Å²) in [6.45, 7) is 6.44. The minimum absolute atomic E-state index is 0.0268. The first-order chi connectivity index (χ1) is 8.27. The van der Waals surface area contributed by atoms with Crippen molar-refractivity contribution in [3.63, 3.8) is 0 Å². The van der Waals surface area contributed by atoms with Crippen LogP contribution in [0, 0.1) is 0 Å². The number of anilines is 1. The number of fused-ring (bicyclic) bond motifs is 1. The highest BCUT2D eigenvalue weighted by molar-refractivity contribution is 5.79. The lowest BCUT2D eigenvalue weighted by atomic mass is 10.1. The van der Waals surface area contributed by atoms with Crippen molar-refractivity contribution in [2.75, 3.05) is 18.5 Å². The number of ketones is 1. The Labute approximate surface area is 102 Å². The van der Waals surface area contributed by atoms with Gasteiger partial charge in [-0.1, -0.05) is 38.1 Å². The van der Waals surface area contributed by atoms with Crippen LogP contribution in [0.4, 0.5) is 5.69 Å². The van der Waals surface area contributed by atoms with Crippen LogP contribution in [-0.2, 0) is 4.79 Å². The topological polar surface area (TPSA) is 38.3 Å². The molecule has 0 spiro atoms. The number of carbonyl (C=O) groups excluding carboxylic acids is 1. The molecule has 92 valence electrons. The smallest absolute Gasteiger partial charge is 0.167 e. The number of para-hydroxylation sites is 1. The van der Waals surface area contributed by atoms with Gasteiger partial charge in [0.2, 0.25) is 0 Å². The maximum atomic E-state index is 10.8. The van der Waals surface area contributed by atoms with Crippen LogP contribution in [0.5, 0.6) is 5.75 Å². The molecule has 0 saturated heterocycles. The third kappa shape index (κ3) is 3.63. The van der Waals surface area contributed by atoms with Gasteiger partial charge < -0.3 is 10.1 Å². The number of benzene rings is 1. The summed E-state index contributed by atoms with van der Waals surface area (Å²) >= 11 is 0. The fourth-order valence-corrected chi connectivity index (χ4v) is 1.52. The van der Waals surface area contributed by atoms with Crippen LogP contribution in [0.1, 0.15) is 26.3 Å². The second kappa shape index (κ2) is 6.74. The second-order valence-electron chi connectivity index (χ2n) is 3.49. The first kappa shape index (κ1) is 13.3. The third-order valence-corrected chi connectivity index (χ3v) is 2.18. The van der Waals surface area contributed by atoms with Crippen molar-refractivity contribution in [2.45, 2.75) is 20.8 Å². The number of ether oxygens (including phenoxy) is 1. The molecule has 1 aromatic rings. The van der Waals surface area contributed by atoms with E-state index < -0.39 is 0 Å². The van der Waals surface area contributed by atoms with E-state index in [1.807, 2.05) is 38.1 Å². The summed E-state index contributed by atoms with van der Waals surface area (Å²) in [7, 11) is 0. The summed E-state index contributed by atoms with van der Waals surface area (Å²) in [6.07, 6.45) is 4.10. The highest BCUT2D eigenvalue weighted by atomic mass is 16.5. The predicted molar refractivity (Wildman–Crippen MR) is 71.5 cm³/mol. The minimum atomic E-state index is 0.0268. The molecule has 3 heteroatoms. The molecule has 3 nitrogen and oxygen atoms in total. The normalized spacial score (nSPS) is 11.7. The van der Waals surface area contributed by atoms with E-state index in [4.69, 9.17) is 4.74 Å². The second-order valence-corrected chi connectivity index (χ2v) is 3.49. The van der Waals surface area contributed by atoms with Gasteiger partial charge in [0.15, 0.2) is 5.78 Å². The lowest BCUT2D eigenvalue weighted by Crippen LogP contribution is -2.11. The largest absolute Gasteiger partial charge is 0.484 e. The Bertz CT molecular complexity index is 411. The van der Waals surface area contributed by atoms with E-state index in [1.165, 1.54) is 6.92 Å². The molecular formula is C14H19NO2. The van der Waals surface area contributed by atoms with Gasteiger partial charge in [-0.05, 0) is 13.0 Å². The molecule has 0 aromatic heterocycles. The summed E-state index contributed by atoms with van der Waals surface area (Å²) in [5.74, 6) is 0.769. The quantitative estimate of drug-likeness (QED) is 0.871. The molecular weight excluding hydrogens is 214 g/mol. The Kier molecular flexibility index (Phi) is 5.27. The Morgan fingerprint density at radius 2 is 2.18 bits per heavy atom. The first-order valence-electron chi connectivity index (χ1n) is 5.93. The van der Waals surface area contributed by atoms with Crippen LogP contribution >= 0.6 is 0 Å². The minimum Gasteiger partial charge on any atom is -0.484 e. The Hall–Kier alpha value is -1.77. The standard InChI is InChI=1S/C12H13NO2.C2H6/c1-9(14)8-15-11-6-2-4-10-5-3-7-13-12(10)11;1-2/h2-6,13H,7-8H2,1H3;1-2H3. The van der Waals surface area contributed by atoms with E-state index in [2.05, 4.69) is 11.4 Å². The monoisotopic (exact) mass is 233 g/mol. The van der Waals surface area contributed by atoms with E-state index in [0.29, 0.717) is 0 Å². The Morgan fingerprint density at radius 1 is 1.41 bits per heavy atom. The number of Topliss-reactive ketones (excluding diaryl/α,β-unsaturated/α-hetero) is 1. The van der Waals surface area contributed by atoms with E-state index in [0.717, 1.165) is 23.5 Å². The van der Waals surface area contributed by atoms with Crippen molar-refractivity contribution in [1.29, 1.82) is 0 Å². The number of hydrogen-bond donors (Lipinski definition) is 1. The van der Waals surface area contributed by atoms with Gasteiger partial charge in [-0.15, -0.1) is 0 Å². The van der Waals surface area contributed by atoms with Crippen LogP contribution in [0.25, 0.3) is 6.08 Å². The molecule has 0 saturated carbocycles. The molecule has 2 rings (SSSR count). The molecule has 1 aliphatic heterocycles. The lowest BCUT2D eigenvalue weighted by Gasteiger charge is -2.17. The summed E-state index contributed by atoms with van der Waals surface area (Å²) in [6, 6.07) is 5.80. The van der Waals surface area contributed by atoms with E-state index in [-0.39, 0.29) is 12.4 Å². The third-order valence-electron chi connectivity index (χ3n) is 2.18. The molecule has 1 aromatic carbocycles. The molecule has 0 bridgehead atoms.